The standard InChI is InChI=1S/C11H10O5/c1-4-3-5(12)16-11(2)7(4)6-8(11)10(14)15-9(6)13/h3,6-8H,1-2H3. The van der Waals surface area contributed by atoms with Crippen LogP contribution in [0.2, 0.25) is 0 Å². The van der Waals surface area contributed by atoms with E-state index in [1.165, 1.54) is 6.08 Å². The fourth-order valence-electron chi connectivity index (χ4n) is 3.25. The molecule has 1 aliphatic carbocycles. The second-order valence-corrected chi connectivity index (χ2v) is 4.71. The van der Waals surface area contributed by atoms with Crippen molar-refractivity contribution >= 4 is 17.9 Å². The SMILES string of the molecule is CC1=CC(=O)OC2(C)C3C(=O)OC(=O)C3C12. The first-order valence-corrected chi connectivity index (χ1v) is 5.12. The second-order valence-electron chi connectivity index (χ2n) is 4.71. The van der Waals surface area contributed by atoms with E-state index in [2.05, 4.69) is 4.74 Å². The van der Waals surface area contributed by atoms with Crippen molar-refractivity contribution in [1.82, 2.24) is 0 Å². The quantitative estimate of drug-likeness (QED) is 0.432. The molecule has 0 N–H and O–H groups in total. The molecule has 1 saturated heterocycles. The van der Waals surface area contributed by atoms with E-state index in [9.17, 15) is 14.4 Å². The summed E-state index contributed by atoms with van der Waals surface area (Å²) in [4.78, 5) is 34.2. The van der Waals surface area contributed by atoms with Crippen molar-refractivity contribution in [3.63, 3.8) is 0 Å². The normalized spacial score (nSPS) is 45.0. The number of ether oxygens (including phenoxy) is 2. The Hall–Kier alpha value is -1.65. The fraction of sp³-hybridized carbons (Fsp3) is 0.545. The molecule has 0 aromatic rings. The van der Waals surface area contributed by atoms with Gasteiger partial charge >= 0.3 is 17.9 Å². The van der Waals surface area contributed by atoms with Gasteiger partial charge in [-0.3, -0.25) is 9.59 Å². The van der Waals surface area contributed by atoms with Gasteiger partial charge in [0.15, 0.2) is 0 Å². The first-order valence-electron chi connectivity index (χ1n) is 5.12. The molecule has 0 spiro atoms. The molecule has 2 aliphatic heterocycles. The van der Waals surface area contributed by atoms with Gasteiger partial charge in [0.25, 0.3) is 0 Å². The maximum atomic E-state index is 11.5. The Bertz CT molecular complexity index is 463. The van der Waals surface area contributed by atoms with Crippen LogP contribution in [0.3, 0.4) is 0 Å². The third kappa shape index (κ3) is 0.847. The van der Waals surface area contributed by atoms with Crippen LogP contribution in [-0.4, -0.2) is 23.5 Å². The van der Waals surface area contributed by atoms with E-state index >= 15 is 0 Å². The molecule has 16 heavy (non-hydrogen) atoms. The minimum Gasteiger partial charge on any atom is -0.455 e. The highest BCUT2D eigenvalue weighted by Gasteiger charge is 2.73. The smallest absolute Gasteiger partial charge is 0.331 e. The highest BCUT2D eigenvalue weighted by Crippen LogP contribution is 2.59. The number of hydrogen-bond donors (Lipinski definition) is 0. The molecule has 0 amide bonds. The first-order chi connectivity index (χ1) is 7.45. The van der Waals surface area contributed by atoms with Crippen LogP contribution in [0.4, 0.5) is 0 Å². The molecule has 4 atom stereocenters. The first kappa shape index (κ1) is 9.57. The topological polar surface area (TPSA) is 69.7 Å². The van der Waals surface area contributed by atoms with Crippen molar-refractivity contribution in [2.24, 2.45) is 17.8 Å². The summed E-state index contributed by atoms with van der Waals surface area (Å²) in [6.45, 7) is 3.46. The maximum Gasteiger partial charge on any atom is 0.331 e. The molecule has 4 unspecified atom stereocenters. The van der Waals surface area contributed by atoms with Crippen LogP contribution in [-0.2, 0) is 23.9 Å². The number of esters is 3. The van der Waals surface area contributed by atoms with Gasteiger partial charge in [0.05, 0.1) is 5.92 Å². The molecule has 3 aliphatic rings. The predicted molar refractivity (Wildman–Crippen MR) is 49.8 cm³/mol. The number of cyclic esters (lactones) is 2. The summed E-state index contributed by atoms with van der Waals surface area (Å²) in [5.74, 6) is -2.84. The van der Waals surface area contributed by atoms with Gasteiger partial charge < -0.3 is 9.47 Å². The number of rotatable bonds is 0. The monoisotopic (exact) mass is 222 g/mol. The summed E-state index contributed by atoms with van der Waals surface area (Å²) >= 11 is 0. The zero-order valence-electron chi connectivity index (χ0n) is 8.85. The van der Waals surface area contributed by atoms with Crippen LogP contribution in [0.5, 0.6) is 0 Å². The van der Waals surface area contributed by atoms with Crippen molar-refractivity contribution < 1.29 is 23.9 Å². The molecule has 0 radical (unpaired) electrons. The van der Waals surface area contributed by atoms with E-state index in [0.29, 0.717) is 0 Å². The average molecular weight is 222 g/mol. The molecule has 0 aromatic heterocycles. The second kappa shape index (κ2) is 2.53. The minimum absolute atomic E-state index is 0.214. The van der Waals surface area contributed by atoms with Crippen LogP contribution in [0.15, 0.2) is 11.6 Å². The minimum atomic E-state index is -0.899. The van der Waals surface area contributed by atoms with E-state index in [4.69, 9.17) is 4.74 Å². The molecular formula is C11H10O5. The van der Waals surface area contributed by atoms with Gasteiger partial charge in [-0.05, 0) is 13.8 Å². The number of carbonyl (C=O) groups excluding carboxylic acids is 3. The zero-order valence-corrected chi connectivity index (χ0v) is 8.85. The maximum absolute atomic E-state index is 11.5. The van der Waals surface area contributed by atoms with Gasteiger partial charge in [-0.15, -0.1) is 0 Å². The van der Waals surface area contributed by atoms with Gasteiger partial charge in [-0.2, -0.15) is 0 Å². The number of carbonyl (C=O) groups is 3. The van der Waals surface area contributed by atoms with Gasteiger partial charge in [0, 0.05) is 12.0 Å². The van der Waals surface area contributed by atoms with Crippen molar-refractivity contribution in [2.75, 3.05) is 0 Å². The third-order valence-electron chi connectivity index (χ3n) is 3.84. The molecule has 84 valence electrons. The van der Waals surface area contributed by atoms with Gasteiger partial charge in [-0.25, -0.2) is 4.79 Å². The Balaban J connectivity index is 2.09. The Morgan fingerprint density at radius 2 is 1.88 bits per heavy atom. The molecule has 2 heterocycles. The summed E-state index contributed by atoms with van der Waals surface area (Å²) in [5, 5.41) is 0. The average Bonchev–Trinajstić information content (AvgIpc) is 2.35. The van der Waals surface area contributed by atoms with E-state index in [1.54, 1.807) is 13.8 Å². The molecule has 3 rings (SSSR count). The van der Waals surface area contributed by atoms with Gasteiger partial charge in [0.1, 0.15) is 11.5 Å². The summed E-state index contributed by atoms with van der Waals surface area (Å²) in [5.41, 5.74) is -0.115. The Labute approximate surface area is 91.4 Å². The molecule has 1 saturated carbocycles. The lowest BCUT2D eigenvalue weighted by Crippen LogP contribution is -2.65. The van der Waals surface area contributed by atoms with Crippen LogP contribution in [0, 0.1) is 17.8 Å². The van der Waals surface area contributed by atoms with Crippen LogP contribution in [0.25, 0.3) is 0 Å². The Kier molecular flexibility index (Phi) is 1.51. The Morgan fingerprint density at radius 3 is 2.56 bits per heavy atom. The highest BCUT2D eigenvalue weighted by atomic mass is 16.6. The Morgan fingerprint density at radius 1 is 1.19 bits per heavy atom. The van der Waals surface area contributed by atoms with Crippen molar-refractivity contribution in [1.29, 1.82) is 0 Å². The summed E-state index contributed by atoms with van der Waals surface area (Å²) in [6.07, 6.45) is 1.37. The van der Waals surface area contributed by atoms with Gasteiger partial charge in [-0.1, -0.05) is 5.57 Å². The van der Waals surface area contributed by atoms with Crippen LogP contribution >= 0.6 is 0 Å². The molecular weight excluding hydrogens is 212 g/mol. The number of fused-ring (bicyclic) bond motifs is 4. The summed E-state index contributed by atoms with van der Waals surface area (Å²) < 4.78 is 9.80. The zero-order chi connectivity index (χ0) is 11.7. The summed E-state index contributed by atoms with van der Waals surface area (Å²) in [6, 6.07) is 0. The van der Waals surface area contributed by atoms with Crippen molar-refractivity contribution in [3.05, 3.63) is 11.6 Å². The van der Waals surface area contributed by atoms with Crippen molar-refractivity contribution in [3.8, 4) is 0 Å². The fourth-order valence-corrected chi connectivity index (χ4v) is 3.25. The van der Waals surface area contributed by atoms with Crippen LogP contribution < -0.4 is 0 Å². The third-order valence-corrected chi connectivity index (χ3v) is 3.84. The highest BCUT2D eigenvalue weighted by molar-refractivity contribution is 6.01. The molecule has 0 aromatic carbocycles. The molecule has 5 nitrogen and oxygen atoms in total. The van der Waals surface area contributed by atoms with Crippen molar-refractivity contribution in [2.45, 2.75) is 19.4 Å². The predicted octanol–water partition coefficient (Wildman–Crippen LogP) is 0.194. The van der Waals surface area contributed by atoms with E-state index < -0.39 is 35.3 Å². The van der Waals surface area contributed by atoms with Crippen LogP contribution in [0.1, 0.15) is 13.8 Å². The molecule has 0 bridgehead atoms. The molecule has 5 heteroatoms. The van der Waals surface area contributed by atoms with E-state index in [1.807, 2.05) is 0 Å². The lowest BCUT2D eigenvalue weighted by atomic mass is 9.52. The lowest BCUT2D eigenvalue weighted by molar-refractivity contribution is -0.204. The number of hydrogen-bond acceptors (Lipinski definition) is 5. The van der Waals surface area contributed by atoms with E-state index in [0.717, 1.165) is 5.57 Å². The van der Waals surface area contributed by atoms with E-state index in [-0.39, 0.29) is 5.92 Å². The summed E-state index contributed by atoms with van der Waals surface area (Å²) in [7, 11) is 0. The largest absolute Gasteiger partial charge is 0.455 e. The van der Waals surface area contributed by atoms with Gasteiger partial charge in [0.2, 0.25) is 0 Å². The lowest BCUT2D eigenvalue weighted by Gasteiger charge is -2.54. The molecule has 2 fully saturated rings.